The normalized spacial score (nSPS) is 14.7. The maximum Gasteiger partial charge on any atom is 0.227 e. The predicted octanol–water partition coefficient (Wildman–Crippen LogP) is 4.17. The highest BCUT2D eigenvalue weighted by molar-refractivity contribution is 6.30. The van der Waals surface area contributed by atoms with Gasteiger partial charge in [-0.2, -0.15) is 0 Å². The van der Waals surface area contributed by atoms with E-state index in [9.17, 15) is 0 Å². The summed E-state index contributed by atoms with van der Waals surface area (Å²) in [7, 11) is 0. The minimum Gasteiger partial charge on any atom is -0.326 e. The van der Waals surface area contributed by atoms with Crippen molar-refractivity contribution in [1.82, 2.24) is 15.3 Å². The number of nitrogens with one attached hydrogen (secondary N) is 2. The quantitative estimate of drug-likeness (QED) is 0.574. The van der Waals surface area contributed by atoms with Gasteiger partial charge in [-0.15, -0.1) is 0 Å². The first-order valence-corrected chi connectivity index (χ1v) is 9.49. The number of rotatable bonds is 7. The van der Waals surface area contributed by atoms with E-state index in [0.717, 1.165) is 27.5 Å². The van der Waals surface area contributed by atoms with E-state index >= 15 is 0 Å². The van der Waals surface area contributed by atoms with Gasteiger partial charge in [0.05, 0.1) is 11.7 Å². The van der Waals surface area contributed by atoms with Gasteiger partial charge in [0.2, 0.25) is 5.95 Å². The molecule has 1 aliphatic rings. The zero-order valence-electron chi connectivity index (χ0n) is 14.9. The SMILES string of the molecule is NCc1ccc(Nc2nccc(C(NC3CC3)c3ccc(Cl)cc3)n2)cc1. The van der Waals surface area contributed by atoms with Crippen LogP contribution < -0.4 is 16.4 Å². The van der Waals surface area contributed by atoms with Crippen LogP contribution in [0.1, 0.15) is 35.7 Å². The first kappa shape index (κ1) is 17.9. The number of halogens is 1. The number of benzene rings is 2. The minimum atomic E-state index is 0.0120. The van der Waals surface area contributed by atoms with Gasteiger partial charge in [-0.1, -0.05) is 35.9 Å². The van der Waals surface area contributed by atoms with E-state index in [1.54, 1.807) is 6.20 Å². The van der Waals surface area contributed by atoms with E-state index < -0.39 is 0 Å². The molecule has 1 heterocycles. The highest BCUT2D eigenvalue weighted by Crippen LogP contribution is 2.29. The van der Waals surface area contributed by atoms with Crippen LogP contribution in [0.4, 0.5) is 11.6 Å². The number of nitrogens with two attached hydrogens (primary N) is 1. The Labute approximate surface area is 164 Å². The van der Waals surface area contributed by atoms with Gasteiger partial charge in [0.25, 0.3) is 0 Å². The molecule has 2 aromatic carbocycles. The molecular weight excluding hydrogens is 358 g/mol. The molecule has 4 N–H and O–H groups in total. The monoisotopic (exact) mass is 379 g/mol. The van der Waals surface area contributed by atoms with E-state index in [-0.39, 0.29) is 6.04 Å². The van der Waals surface area contributed by atoms with E-state index in [4.69, 9.17) is 22.3 Å². The number of nitrogens with zero attached hydrogens (tertiary/aromatic N) is 2. The summed E-state index contributed by atoms with van der Waals surface area (Å²) < 4.78 is 0. The second-order valence-corrected chi connectivity index (χ2v) is 7.19. The minimum absolute atomic E-state index is 0.0120. The molecule has 4 rings (SSSR count). The van der Waals surface area contributed by atoms with Gasteiger partial charge in [0, 0.05) is 29.5 Å². The number of hydrogen-bond donors (Lipinski definition) is 3. The number of anilines is 2. The molecule has 0 amide bonds. The van der Waals surface area contributed by atoms with Crippen molar-refractivity contribution in [3.8, 4) is 0 Å². The Balaban J connectivity index is 1.58. The first-order chi connectivity index (χ1) is 13.2. The summed E-state index contributed by atoms with van der Waals surface area (Å²) in [6.45, 7) is 0.530. The molecule has 6 heteroatoms. The van der Waals surface area contributed by atoms with Crippen molar-refractivity contribution < 1.29 is 0 Å². The lowest BCUT2D eigenvalue weighted by molar-refractivity contribution is 0.587. The summed E-state index contributed by atoms with van der Waals surface area (Å²) in [4.78, 5) is 9.11. The van der Waals surface area contributed by atoms with E-state index in [2.05, 4.69) is 15.6 Å². The molecule has 0 bridgehead atoms. The van der Waals surface area contributed by atoms with Gasteiger partial charge in [-0.25, -0.2) is 9.97 Å². The molecule has 138 valence electrons. The van der Waals surface area contributed by atoms with Gasteiger partial charge in [0.15, 0.2) is 0 Å². The number of aromatic nitrogens is 2. The lowest BCUT2D eigenvalue weighted by Crippen LogP contribution is -2.25. The summed E-state index contributed by atoms with van der Waals surface area (Å²) in [5, 5.41) is 7.67. The average Bonchev–Trinajstić information content (AvgIpc) is 3.52. The Kier molecular flexibility index (Phi) is 5.34. The van der Waals surface area contributed by atoms with Gasteiger partial charge in [-0.05, 0) is 54.3 Å². The van der Waals surface area contributed by atoms with Crippen LogP contribution in [-0.4, -0.2) is 16.0 Å². The van der Waals surface area contributed by atoms with E-state index in [1.165, 1.54) is 12.8 Å². The molecule has 27 heavy (non-hydrogen) atoms. The molecule has 0 radical (unpaired) electrons. The molecule has 1 aromatic heterocycles. The van der Waals surface area contributed by atoms with Crippen LogP contribution in [-0.2, 0) is 6.54 Å². The maximum absolute atomic E-state index is 6.05. The molecule has 1 atom stereocenters. The van der Waals surface area contributed by atoms with Gasteiger partial charge < -0.3 is 16.4 Å². The standard InChI is InChI=1S/C21H22ClN5/c22-16-5-3-15(4-6-16)20(25-17-9-10-17)19-11-12-24-21(27-19)26-18-7-1-14(13-23)2-8-18/h1-8,11-12,17,20,25H,9-10,13,23H2,(H,24,26,27). The van der Waals surface area contributed by atoms with E-state index in [0.29, 0.717) is 18.5 Å². The van der Waals surface area contributed by atoms with Gasteiger partial charge in [-0.3, -0.25) is 0 Å². The third-order valence-electron chi connectivity index (χ3n) is 4.60. The summed E-state index contributed by atoms with van der Waals surface area (Å²) in [5.41, 5.74) is 9.75. The van der Waals surface area contributed by atoms with Crippen molar-refractivity contribution >= 4 is 23.2 Å². The largest absolute Gasteiger partial charge is 0.326 e. The second kappa shape index (κ2) is 8.05. The Morgan fingerprint density at radius 2 is 1.78 bits per heavy atom. The molecule has 1 aliphatic carbocycles. The van der Waals surface area contributed by atoms with Crippen LogP contribution in [0.25, 0.3) is 0 Å². The van der Waals surface area contributed by atoms with E-state index in [1.807, 2.05) is 54.6 Å². The van der Waals surface area contributed by atoms with Crippen LogP contribution >= 0.6 is 11.6 Å². The molecule has 3 aromatic rings. The Morgan fingerprint density at radius 3 is 2.44 bits per heavy atom. The molecular formula is C21H22ClN5. The smallest absolute Gasteiger partial charge is 0.227 e. The van der Waals surface area contributed by atoms with Crippen LogP contribution in [0, 0.1) is 0 Å². The van der Waals surface area contributed by atoms with Crippen molar-refractivity contribution in [2.24, 2.45) is 5.73 Å². The fourth-order valence-electron chi connectivity index (χ4n) is 2.94. The molecule has 0 aliphatic heterocycles. The van der Waals surface area contributed by atoms with Crippen LogP contribution in [0.15, 0.2) is 60.8 Å². The molecule has 5 nitrogen and oxygen atoms in total. The summed E-state index contributed by atoms with van der Waals surface area (Å²) in [6.07, 6.45) is 4.19. The molecule has 0 saturated heterocycles. The van der Waals surface area contributed by atoms with Gasteiger partial charge >= 0.3 is 0 Å². The van der Waals surface area contributed by atoms with Crippen molar-refractivity contribution in [1.29, 1.82) is 0 Å². The fourth-order valence-corrected chi connectivity index (χ4v) is 3.07. The molecule has 1 saturated carbocycles. The lowest BCUT2D eigenvalue weighted by Gasteiger charge is -2.19. The van der Waals surface area contributed by atoms with Crippen LogP contribution in [0.3, 0.4) is 0 Å². The highest BCUT2D eigenvalue weighted by atomic mass is 35.5. The highest BCUT2D eigenvalue weighted by Gasteiger charge is 2.27. The summed E-state index contributed by atoms with van der Waals surface area (Å²) >= 11 is 6.05. The Morgan fingerprint density at radius 1 is 1.04 bits per heavy atom. The first-order valence-electron chi connectivity index (χ1n) is 9.12. The Bertz CT molecular complexity index is 891. The second-order valence-electron chi connectivity index (χ2n) is 6.76. The molecule has 1 unspecified atom stereocenters. The van der Waals surface area contributed by atoms with Crippen molar-refractivity contribution in [3.05, 3.63) is 82.6 Å². The molecule has 1 fully saturated rings. The zero-order chi connectivity index (χ0) is 18.6. The van der Waals surface area contributed by atoms with Crippen LogP contribution in [0.2, 0.25) is 5.02 Å². The average molecular weight is 380 g/mol. The Hall–Kier alpha value is -2.47. The predicted molar refractivity (Wildman–Crippen MR) is 109 cm³/mol. The zero-order valence-corrected chi connectivity index (χ0v) is 15.7. The number of hydrogen-bond acceptors (Lipinski definition) is 5. The molecule has 0 spiro atoms. The van der Waals surface area contributed by atoms with Crippen molar-refractivity contribution in [2.45, 2.75) is 31.5 Å². The van der Waals surface area contributed by atoms with Crippen LogP contribution in [0.5, 0.6) is 0 Å². The van der Waals surface area contributed by atoms with Gasteiger partial charge in [0.1, 0.15) is 0 Å². The summed E-state index contributed by atoms with van der Waals surface area (Å²) in [6, 6.07) is 18.4. The van der Waals surface area contributed by atoms with Crippen molar-refractivity contribution in [2.75, 3.05) is 5.32 Å². The third-order valence-corrected chi connectivity index (χ3v) is 4.85. The van der Waals surface area contributed by atoms with Crippen molar-refractivity contribution in [3.63, 3.8) is 0 Å². The topological polar surface area (TPSA) is 75.9 Å². The maximum atomic E-state index is 6.05. The summed E-state index contributed by atoms with van der Waals surface area (Å²) in [5.74, 6) is 0.574. The third kappa shape index (κ3) is 4.63. The fraction of sp³-hybridized carbons (Fsp3) is 0.238. The lowest BCUT2D eigenvalue weighted by atomic mass is 10.0.